The summed E-state index contributed by atoms with van der Waals surface area (Å²) in [6.45, 7) is 1.66. The molecule has 0 aromatic carbocycles. The molecule has 1 rings (SSSR count). The number of nitrogens with zero attached hydrogens (tertiary/aromatic N) is 1. The van der Waals surface area contributed by atoms with Gasteiger partial charge in [0.1, 0.15) is 4.21 Å². The van der Waals surface area contributed by atoms with E-state index in [1.54, 1.807) is 24.6 Å². The lowest BCUT2D eigenvalue weighted by Gasteiger charge is -2.12. The van der Waals surface area contributed by atoms with Crippen molar-refractivity contribution in [3.05, 3.63) is 17.5 Å². The van der Waals surface area contributed by atoms with Gasteiger partial charge in [-0.25, -0.2) is 13.1 Å². The lowest BCUT2D eigenvalue weighted by Crippen LogP contribution is -2.41. The minimum absolute atomic E-state index is 0.313. The number of unbranched alkanes of at least 4 members (excludes halogenated alkanes) is 1. The molecule has 0 unspecified atom stereocenters. The van der Waals surface area contributed by atoms with Crippen molar-refractivity contribution in [1.29, 1.82) is 0 Å². The van der Waals surface area contributed by atoms with E-state index in [4.69, 9.17) is 0 Å². The topological polar surface area (TPSA) is 82.6 Å². The monoisotopic (exact) mass is 364 g/mol. The van der Waals surface area contributed by atoms with Gasteiger partial charge in [0.05, 0.1) is 0 Å². The smallest absolute Gasteiger partial charge is 0.250 e. The molecule has 0 aliphatic carbocycles. The summed E-state index contributed by atoms with van der Waals surface area (Å²) in [5, 5.41) is 8.04. The first-order chi connectivity index (χ1) is 10.6. The molecule has 0 bridgehead atoms. The quantitative estimate of drug-likeness (QED) is 0.331. The van der Waals surface area contributed by atoms with Crippen LogP contribution in [0.1, 0.15) is 12.8 Å². The third-order valence-corrected chi connectivity index (χ3v) is 6.32. The molecule has 0 atom stereocenters. The number of thioether (sulfide) groups is 1. The Morgan fingerprint density at radius 1 is 1.27 bits per heavy atom. The van der Waals surface area contributed by atoms with Crippen LogP contribution in [0.2, 0.25) is 0 Å². The molecule has 0 fully saturated rings. The second kappa shape index (κ2) is 10.9. The number of sulfonamides is 1. The molecule has 3 N–H and O–H groups in total. The third-order valence-electron chi connectivity index (χ3n) is 2.76. The van der Waals surface area contributed by atoms with Crippen LogP contribution in [-0.4, -0.2) is 53.1 Å². The molecule has 0 amide bonds. The van der Waals surface area contributed by atoms with E-state index in [0.717, 1.165) is 18.7 Å². The average molecular weight is 365 g/mol. The van der Waals surface area contributed by atoms with Gasteiger partial charge in [-0.3, -0.25) is 4.99 Å². The van der Waals surface area contributed by atoms with Crippen molar-refractivity contribution in [2.45, 2.75) is 17.1 Å². The lowest BCUT2D eigenvalue weighted by molar-refractivity contribution is 0.582. The standard InChI is InChI=1S/C13H24N4O2S3/c1-14-13(15-7-3-4-10-20-2)16-8-9-17-22(18,19)12-6-5-11-21-12/h5-6,11,17H,3-4,7-10H2,1-2H3,(H2,14,15,16). The number of hydrogen-bond acceptors (Lipinski definition) is 5. The zero-order valence-corrected chi connectivity index (χ0v) is 15.4. The van der Waals surface area contributed by atoms with E-state index < -0.39 is 10.0 Å². The summed E-state index contributed by atoms with van der Waals surface area (Å²) in [5.74, 6) is 1.86. The first-order valence-corrected chi connectivity index (χ1v) is 10.8. The molecule has 6 nitrogen and oxygen atoms in total. The summed E-state index contributed by atoms with van der Waals surface area (Å²) < 4.78 is 26.7. The molecule has 0 saturated heterocycles. The van der Waals surface area contributed by atoms with E-state index >= 15 is 0 Å². The largest absolute Gasteiger partial charge is 0.356 e. The Balaban J connectivity index is 2.19. The van der Waals surface area contributed by atoms with Gasteiger partial charge in [0.25, 0.3) is 0 Å². The Morgan fingerprint density at radius 2 is 2.05 bits per heavy atom. The molecule has 0 aliphatic heterocycles. The molecule has 126 valence electrons. The molecule has 0 spiro atoms. The van der Waals surface area contributed by atoms with E-state index in [0.29, 0.717) is 23.3 Å². The van der Waals surface area contributed by atoms with Gasteiger partial charge in [0.15, 0.2) is 5.96 Å². The predicted molar refractivity (Wildman–Crippen MR) is 96.5 cm³/mol. The van der Waals surface area contributed by atoms with E-state index in [9.17, 15) is 8.42 Å². The van der Waals surface area contributed by atoms with Crippen molar-refractivity contribution < 1.29 is 8.42 Å². The SMILES string of the molecule is CN=C(NCCCCSC)NCCNS(=O)(=O)c1cccs1. The van der Waals surface area contributed by atoms with Gasteiger partial charge in [0, 0.05) is 26.7 Å². The number of nitrogens with one attached hydrogen (secondary N) is 3. The van der Waals surface area contributed by atoms with Crippen molar-refractivity contribution in [1.82, 2.24) is 15.4 Å². The minimum atomic E-state index is -3.38. The van der Waals surface area contributed by atoms with Crippen LogP contribution in [0.4, 0.5) is 0 Å². The highest BCUT2D eigenvalue weighted by Crippen LogP contribution is 2.14. The molecule has 9 heteroatoms. The molecule has 0 radical (unpaired) electrons. The maximum Gasteiger partial charge on any atom is 0.250 e. The van der Waals surface area contributed by atoms with Crippen molar-refractivity contribution in [2.24, 2.45) is 4.99 Å². The van der Waals surface area contributed by atoms with Gasteiger partial charge in [0.2, 0.25) is 10.0 Å². The minimum Gasteiger partial charge on any atom is -0.356 e. The maximum atomic E-state index is 11.9. The highest BCUT2D eigenvalue weighted by molar-refractivity contribution is 7.98. The molecule has 1 heterocycles. The van der Waals surface area contributed by atoms with Crippen LogP contribution in [0, 0.1) is 0 Å². The Kier molecular flexibility index (Phi) is 9.53. The Hall–Kier alpha value is -0.770. The summed E-state index contributed by atoms with van der Waals surface area (Å²) in [7, 11) is -1.68. The zero-order chi connectivity index (χ0) is 16.3. The highest BCUT2D eigenvalue weighted by atomic mass is 32.2. The fraction of sp³-hybridized carbons (Fsp3) is 0.615. The Labute approximate surface area is 141 Å². The van der Waals surface area contributed by atoms with Crippen LogP contribution in [0.5, 0.6) is 0 Å². The van der Waals surface area contributed by atoms with Gasteiger partial charge in [-0.05, 0) is 36.3 Å². The lowest BCUT2D eigenvalue weighted by atomic mass is 10.3. The van der Waals surface area contributed by atoms with Crippen molar-refractivity contribution >= 4 is 39.1 Å². The molecular weight excluding hydrogens is 340 g/mol. The molecular formula is C13H24N4O2S3. The van der Waals surface area contributed by atoms with Crippen molar-refractivity contribution in [3.8, 4) is 0 Å². The molecule has 1 aromatic rings. The number of thiophene rings is 1. The summed E-state index contributed by atoms with van der Waals surface area (Å²) in [6, 6.07) is 3.32. The van der Waals surface area contributed by atoms with E-state index in [2.05, 4.69) is 26.6 Å². The summed E-state index contributed by atoms with van der Waals surface area (Å²) >= 11 is 3.05. The third kappa shape index (κ3) is 7.48. The van der Waals surface area contributed by atoms with Gasteiger partial charge >= 0.3 is 0 Å². The fourth-order valence-electron chi connectivity index (χ4n) is 1.65. The van der Waals surface area contributed by atoms with Crippen molar-refractivity contribution in [3.63, 3.8) is 0 Å². The Bertz CT molecular complexity index is 529. The van der Waals surface area contributed by atoms with Crippen molar-refractivity contribution in [2.75, 3.05) is 38.7 Å². The zero-order valence-electron chi connectivity index (χ0n) is 13.0. The van der Waals surface area contributed by atoms with Crippen LogP contribution in [0.15, 0.2) is 26.7 Å². The van der Waals surface area contributed by atoms with E-state index in [1.165, 1.54) is 17.8 Å². The van der Waals surface area contributed by atoms with E-state index in [-0.39, 0.29) is 0 Å². The van der Waals surface area contributed by atoms with Crippen LogP contribution in [0.3, 0.4) is 0 Å². The van der Waals surface area contributed by atoms with Gasteiger partial charge in [-0.1, -0.05) is 6.07 Å². The molecule has 1 aromatic heterocycles. The van der Waals surface area contributed by atoms with Crippen LogP contribution >= 0.6 is 23.1 Å². The van der Waals surface area contributed by atoms with Crippen LogP contribution in [-0.2, 0) is 10.0 Å². The highest BCUT2D eigenvalue weighted by Gasteiger charge is 2.13. The van der Waals surface area contributed by atoms with Gasteiger partial charge < -0.3 is 10.6 Å². The average Bonchev–Trinajstić information content (AvgIpc) is 3.04. The first kappa shape index (κ1) is 19.3. The summed E-state index contributed by atoms with van der Waals surface area (Å²) in [6.07, 6.45) is 4.36. The normalized spacial score (nSPS) is 12.4. The number of hydrogen-bond donors (Lipinski definition) is 3. The number of guanidine groups is 1. The van der Waals surface area contributed by atoms with Crippen LogP contribution in [0.25, 0.3) is 0 Å². The fourth-order valence-corrected chi connectivity index (χ4v) is 4.21. The first-order valence-electron chi connectivity index (χ1n) is 7.07. The maximum absolute atomic E-state index is 11.9. The number of rotatable bonds is 10. The van der Waals surface area contributed by atoms with Gasteiger partial charge in [-0.2, -0.15) is 11.8 Å². The number of aliphatic imine (C=N–C) groups is 1. The molecule has 0 aliphatic rings. The molecule has 22 heavy (non-hydrogen) atoms. The molecule has 0 saturated carbocycles. The summed E-state index contributed by atoms with van der Waals surface area (Å²) in [5.41, 5.74) is 0. The Morgan fingerprint density at radius 3 is 2.68 bits per heavy atom. The summed E-state index contributed by atoms with van der Waals surface area (Å²) in [4.78, 5) is 4.10. The van der Waals surface area contributed by atoms with Crippen LogP contribution < -0.4 is 15.4 Å². The van der Waals surface area contributed by atoms with E-state index in [1.807, 2.05) is 11.8 Å². The second-order valence-electron chi connectivity index (χ2n) is 4.46. The second-order valence-corrected chi connectivity index (χ2v) is 8.38. The predicted octanol–water partition coefficient (Wildman–Crippen LogP) is 1.33. The van der Waals surface area contributed by atoms with Gasteiger partial charge in [-0.15, -0.1) is 11.3 Å².